The van der Waals surface area contributed by atoms with E-state index in [0.29, 0.717) is 30.8 Å². The second-order valence-electron chi connectivity index (χ2n) is 5.80. The molecule has 4 nitrogen and oxygen atoms in total. The molecule has 1 aromatic heterocycles. The quantitative estimate of drug-likeness (QED) is 0.924. The Morgan fingerprint density at radius 3 is 2.64 bits per heavy atom. The molecule has 1 atom stereocenters. The number of anilines is 1. The smallest absolute Gasteiger partial charge is 0.416 e. The average Bonchev–Trinajstić information content (AvgIpc) is 3.06. The van der Waals surface area contributed by atoms with Crippen molar-refractivity contribution >= 4 is 5.69 Å². The Kier molecular flexibility index (Phi) is 3.40. The summed E-state index contributed by atoms with van der Waals surface area (Å²) >= 11 is 0. The first-order valence-corrected chi connectivity index (χ1v) is 6.83. The van der Waals surface area contributed by atoms with E-state index in [-0.39, 0.29) is 5.76 Å². The van der Waals surface area contributed by atoms with Crippen LogP contribution in [0.5, 0.6) is 0 Å². The average molecular weight is 312 g/mol. The van der Waals surface area contributed by atoms with Gasteiger partial charge in [-0.3, -0.25) is 0 Å². The Morgan fingerprint density at radius 2 is 2.09 bits per heavy atom. The molecule has 22 heavy (non-hydrogen) atoms. The van der Waals surface area contributed by atoms with Crippen molar-refractivity contribution in [2.24, 2.45) is 0 Å². The third-order valence-corrected chi connectivity index (χ3v) is 3.78. The van der Waals surface area contributed by atoms with Gasteiger partial charge in [0.2, 0.25) is 0 Å². The summed E-state index contributed by atoms with van der Waals surface area (Å²) in [5, 5.41) is 10.0. The summed E-state index contributed by atoms with van der Waals surface area (Å²) in [6, 6.07) is 3.76. The molecule has 0 radical (unpaired) electrons. The van der Waals surface area contributed by atoms with Gasteiger partial charge in [-0.05, 0) is 31.5 Å². The van der Waals surface area contributed by atoms with Crippen molar-refractivity contribution in [2.75, 3.05) is 18.0 Å². The molecule has 1 aliphatic rings. The van der Waals surface area contributed by atoms with E-state index < -0.39 is 17.3 Å². The summed E-state index contributed by atoms with van der Waals surface area (Å²) in [6.45, 7) is 2.48. The summed E-state index contributed by atoms with van der Waals surface area (Å²) in [5.74, 6) is 0.276. The molecule has 0 bridgehead atoms. The highest BCUT2D eigenvalue weighted by atomic mass is 19.4. The number of oxazole rings is 1. The van der Waals surface area contributed by atoms with Gasteiger partial charge in [0, 0.05) is 24.3 Å². The highest BCUT2D eigenvalue weighted by Gasteiger charge is 2.35. The molecule has 1 saturated heterocycles. The molecule has 3 rings (SSSR count). The van der Waals surface area contributed by atoms with Gasteiger partial charge in [0.25, 0.3) is 0 Å². The minimum Gasteiger partial charge on any atom is -0.444 e. The van der Waals surface area contributed by atoms with Crippen LogP contribution in [0.3, 0.4) is 0 Å². The normalized spacial score (nSPS) is 22.3. The third-order valence-electron chi connectivity index (χ3n) is 3.78. The second kappa shape index (κ2) is 5.01. The van der Waals surface area contributed by atoms with Crippen LogP contribution in [-0.4, -0.2) is 28.8 Å². The van der Waals surface area contributed by atoms with Crippen molar-refractivity contribution < 1.29 is 22.7 Å². The largest absolute Gasteiger partial charge is 0.444 e. The number of benzene rings is 1. The van der Waals surface area contributed by atoms with Crippen LogP contribution in [0.2, 0.25) is 0 Å². The van der Waals surface area contributed by atoms with Crippen LogP contribution in [0.4, 0.5) is 18.9 Å². The molecule has 7 heteroatoms. The molecule has 1 N–H and O–H groups in total. The van der Waals surface area contributed by atoms with Crippen molar-refractivity contribution in [3.8, 4) is 11.3 Å². The number of hydrogen-bond donors (Lipinski definition) is 1. The predicted octanol–water partition coefficient (Wildman–Crippen LogP) is 3.32. The molecular formula is C15H15F3N2O2. The fraction of sp³-hybridized carbons (Fsp3) is 0.400. The molecule has 1 fully saturated rings. The van der Waals surface area contributed by atoms with Gasteiger partial charge in [-0.2, -0.15) is 13.2 Å². The number of alkyl halides is 3. The molecule has 0 amide bonds. The number of β-amino-alcohol motifs (C(OH)–C–C–N with tert-alkyl or cyclic N) is 1. The highest BCUT2D eigenvalue weighted by molar-refractivity contribution is 5.66. The van der Waals surface area contributed by atoms with Crippen molar-refractivity contribution in [1.82, 2.24) is 4.98 Å². The van der Waals surface area contributed by atoms with Gasteiger partial charge in [0.05, 0.1) is 17.4 Å². The van der Waals surface area contributed by atoms with Gasteiger partial charge in [-0.25, -0.2) is 4.98 Å². The van der Waals surface area contributed by atoms with E-state index in [0.717, 1.165) is 12.1 Å². The van der Waals surface area contributed by atoms with E-state index in [1.807, 2.05) is 0 Å². The van der Waals surface area contributed by atoms with E-state index >= 15 is 0 Å². The maximum absolute atomic E-state index is 13.1. The topological polar surface area (TPSA) is 49.5 Å². The van der Waals surface area contributed by atoms with Crippen molar-refractivity contribution in [3.05, 3.63) is 36.4 Å². The number of nitrogens with zero attached hydrogens (tertiary/aromatic N) is 2. The van der Waals surface area contributed by atoms with Gasteiger partial charge in [-0.15, -0.1) is 0 Å². The second-order valence-corrected chi connectivity index (χ2v) is 5.80. The number of hydrogen-bond acceptors (Lipinski definition) is 4. The molecule has 2 heterocycles. The van der Waals surface area contributed by atoms with E-state index in [1.165, 1.54) is 12.6 Å². The van der Waals surface area contributed by atoms with Crippen LogP contribution in [0.15, 0.2) is 35.2 Å². The lowest BCUT2D eigenvalue weighted by atomic mass is 10.1. The Morgan fingerprint density at radius 1 is 1.32 bits per heavy atom. The Labute approximate surface area is 125 Å². The maximum Gasteiger partial charge on any atom is 0.416 e. The predicted molar refractivity (Wildman–Crippen MR) is 74.4 cm³/mol. The number of halogens is 3. The SMILES string of the molecule is CC1(O)CCN(c2cc(-c3cnco3)cc(C(F)(F)F)c2)C1. The van der Waals surface area contributed by atoms with Crippen molar-refractivity contribution in [2.45, 2.75) is 25.1 Å². The van der Waals surface area contributed by atoms with E-state index in [2.05, 4.69) is 4.98 Å². The first-order valence-electron chi connectivity index (χ1n) is 6.83. The minimum atomic E-state index is -4.45. The summed E-state index contributed by atoms with van der Waals surface area (Å²) < 4.78 is 44.4. The monoisotopic (exact) mass is 312 g/mol. The number of aliphatic hydroxyl groups is 1. The van der Waals surface area contributed by atoms with Crippen LogP contribution >= 0.6 is 0 Å². The van der Waals surface area contributed by atoms with Gasteiger partial charge in [0.15, 0.2) is 12.2 Å². The van der Waals surface area contributed by atoms with Crippen LogP contribution in [0.25, 0.3) is 11.3 Å². The fourth-order valence-corrected chi connectivity index (χ4v) is 2.62. The van der Waals surface area contributed by atoms with Gasteiger partial charge in [-0.1, -0.05) is 0 Å². The van der Waals surface area contributed by atoms with E-state index in [4.69, 9.17) is 4.42 Å². The summed E-state index contributed by atoms with van der Waals surface area (Å²) in [7, 11) is 0. The van der Waals surface area contributed by atoms with Crippen molar-refractivity contribution in [3.63, 3.8) is 0 Å². The third kappa shape index (κ3) is 2.94. The first kappa shape index (κ1) is 14.9. The van der Waals surface area contributed by atoms with Crippen LogP contribution < -0.4 is 4.90 Å². The van der Waals surface area contributed by atoms with Gasteiger partial charge in [0.1, 0.15) is 0 Å². The Balaban J connectivity index is 2.04. The van der Waals surface area contributed by atoms with Crippen molar-refractivity contribution in [1.29, 1.82) is 0 Å². The molecule has 0 aliphatic carbocycles. The highest BCUT2D eigenvalue weighted by Crippen LogP contribution is 2.37. The zero-order valence-electron chi connectivity index (χ0n) is 11.9. The lowest BCUT2D eigenvalue weighted by molar-refractivity contribution is -0.137. The summed E-state index contributed by atoms with van der Waals surface area (Å²) in [5.41, 5.74) is -0.906. The lowest BCUT2D eigenvalue weighted by Gasteiger charge is -2.22. The lowest BCUT2D eigenvalue weighted by Crippen LogP contribution is -2.29. The maximum atomic E-state index is 13.1. The van der Waals surface area contributed by atoms with Crippen LogP contribution in [-0.2, 0) is 6.18 Å². The zero-order chi connectivity index (χ0) is 16.0. The molecule has 1 aromatic carbocycles. The molecular weight excluding hydrogens is 297 g/mol. The molecule has 2 aromatic rings. The van der Waals surface area contributed by atoms with Crippen LogP contribution in [0.1, 0.15) is 18.9 Å². The fourth-order valence-electron chi connectivity index (χ4n) is 2.62. The summed E-state index contributed by atoms with van der Waals surface area (Å²) in [6.07, 6.45) is -1.39. The number of rotatable bonds is 2. The van der Waals surface area contributed by atoms with Gasteiger partial charge >= 0.3 is 6.18 Å². The molecule has 1 aliphatic heterocycles. The van der Waals surface area contributed by atoms with Crippen LogP contribution in [0, 0.1) is 0 Å². The van der Waals surface area contributed by atoms with E-state index in [1.54, 1.807) is 17.9 Å². The van der Waals surface area contributed by atoms with E-state index in [9.17, 15) is 18.3 Å². The number of aromatic nitrogens is 1. The summed E-state index contributed by atoms with van der Waals surface area (Å²) in [4.78, 5) is 5.48. The van der Waals surface area contributed by atoms with Gasteiger partial charge < -0.3 is 14.4 Å². The standard InChI is InChI=1S/C15H15F3N2O2/c1-14(21)2-3-20(8-14)12-5-10(13-7-19-9-22-13)4-11(6-12)15(16,17)18/h4-7,9,21H,2-3,8H2,1H3. The minimum absolute atomic E-state index is 0.276. The Bertz CT molecular complexity index is 666. The molecule has 1 unspecified atom stereocenters. The molecule has 0 spiro atoms. The Hall–Kier alpha value is -2.02. The molecule has 0 saturated carbocycles. The first-order chi connectivity index (χ1) is 10.2. The zero-order valence-corrected chi connectivity index (χ0v) is 11.9. The molecule has 118 valence electrons.